The second-order valence-corrected chi connectivity index (χ2v) is 3.98. The van der Waals surface area contributed by atoms with Gasteiger partial charge in [-0.1, -0.05) is 0 Å². The largest absolute Gasteiger partial charge is 0.504 e. The second-order valence-electron chi connectivity index (χ2n) is 3.98. The quantitative estimate of drug-likeness (QED) is 0.835. The maximum Gasteiger partial charge on any atom is 0.207 e. The minimum atomic E-state index is 0.106. The Balaban J connectivity index is 2.69. The third-order valence-corrected chi connectivity index (χ3v) is 2.93. The summed E-state index contributed by atoms with van der Waals surface area (Å²) in [4.78, 5) is 0. The second kappa shape index (κ2) is 3.77. The van der Waals surface area contributed by atoms with Gasteiger partial charge in [0, 0.05) is 17.5 Å². The molecule has 88 valence electrons. The van der Waals surface area contributed by atoms with Crippen LogP contribution in [0.15, 0.2) is 0 Å². The van der Waals surface area contributed by atoms with Crippen LogP contribution in [0, 0.1) is 6.92 Å². The van der Waals surface area contributed by atoms with Crippen molar-refractivity contribution in [2.24, 2.45) is 0 Å². The average molecular weight is 224 g/mol. The predicted octanol–water partition coefficient (Wildman–Crippen LogP) is 2.04. The molecule has 2 rings (SSSR count). The highest BCUT2D eigenvalue weighted by Gasteiger charge is 2.30. The van der Waals surface area contributed by atoms with Crippen LogP contribution in [0.5, 0.6) is 23.0 Å². The summed E-state index contributed by atoms with van der Waals surface area (Å²) in [5.74, 6) is 1.65. The molecule has 0 saturated carbocycles. The van der Waals surface area contributed by atoms with Gasteiger partial charge in [0.25, 0.3) is 0 Å². The van der Waals surface area contributed by atoms with Crippen LogP contribution in [0.3, 0.4) is 0 Å². The van der Waals surface area contributed by atoms with E-state index in [-0.39, 0.29) is 11.9 Å². The lowest BCUT2D eigenvalue weighted by atomic mass is 10.0. The number of phenolic OH excluding ortho intramolecular Hbond substituents is 1. The number of phenols is 1. The molecule has 4 heteroatoms. The van der Waals surface area contributed by atoms with Crippen molar-refractivity contribution in [1.82, 2.24) is 0 Å². The van der Waals surface area contributed by atoms with E-state index in [0.29, 0.717) is 17.2 Å². The minimum Gasteiger partial charge on any atom is -0.504 e. The van der Waals surface area contributed by atoms with Crippen molar-refractivity contribution in [3.8, 4) is 23.0 Å². The van der Waals surface area contributed by atoms with Crippen LogP contribution in [-0.2, 0) is 6.42 Å². The Bertz CT molecular complexity index is 426. The fourth-order valence-electron chi connectivity index (χ4n) is 2.11. The molecule has 0 amide bonds. The zero-order valence-corrected chi connectivity index (χ0v) is 9.96. The lowest BCUT2D eigenvalue weighted by Crippen LogP contribution is -2.05. The molecule has 0 bridgehead atoms. The third-order valence-electron chi connectivity index (χ3n) is 2.93. The van der Waals surface area contributed by atoms with E-state index in [4.69, 9.17) is 14.2 Å². The van der Waals surface area contributed by atoms with Crippen molar-refractivity contribution in [3.05, 3.63) is 11.1 Å². The van der Waals surface area contributed by atoms with Gasteiger partial charge in [-0.3, -0.25) is 0 Å². The van der Waals surface area contributed by atoms with Crippen LogP contribution in [-0.4, -0.2) is 25.4 Å². The first-order valence-corrected chi connectivity index (χ1v) is 5.23. The van der Waals surface area contributed by atoms with Crippen molar-refractivity contribution in [2.75, 3.05) is 14.2 Å². The van der Waals surface area contributed by atoms with Gasteiger partial charge in [0.1, 0.15) is 6.10 Å². The van der Waals surface area contributed by atoms with Crippen molar-refractivity contribution in [2.45, 2.75) is 26.4 Å². The molecule has 1 aromatic rings. The topological polar surface area (TPSA) is 47.9 Å². The summed E-state index contributed by atoms with van der Waals surface area (Å²) in [6, 6.07) is 0. The Kier molecular flexibility index (Phi) is 2.58. The van der Waals surface area contributed by atoms with E-state index in [2.05, 4.69) is 0 Å². The first-order chi connectivity index (χ1) is 7.60. The Morgan fingerprint density at radius 1 is 1.25 bits per heavy atom. The number of ether oxygens (including phenoxy) is 3. The summed E-state index contributed by atoms with van der Waals surface area (Å²) in [6.45, 7) is 3.85. The lowest BCUT2D eigenvalue weighted by molar-refractivity contribution is 0.239. The number of hydrogen-bond donors (Lipinski definition) is 1. The van der Waals surface area contributed by atoms with E-state index in [1.54, 1.807) is 7.11 Å². The van der Waals surface area contributed by atoms with Crippen LogP contribution in [0.4, 0.5) is 0 Å². The van der Waals surface area contributed by atoms with Gasteiger partial charge in [-0.15, -0.1) is 0 Å². The van der Waals surface area contributed by atoms with Crippen LogP contribution in [0.25, 0.3) is 0 Å². The number of aromatic hydroxyl groups is 1. The molecule has 0 radical (unpaired) electrons. The van der Waals surface area contributed by atoms with E-state index in [1.807, 2.05) is 13.8 Å². The molecule has 1 aliphatic rings. The van der Waals surface area contributed by atoms with Gasteiger partial charge in [0.05, 0.1) is 14.2 Å². The van der Waals surface area contributed by atoms with Crippen molar-refractivity contribution in [1.29, 1.82) is 0 Å². The summed E-state index contributed by atoms with van der Waals surface area (Å²) in [5.41, 5.74) is 1.81. The molecule has 0 saturated heterocycles. The van der Waals surface area contributed by atoms with Gasteiger partial charge in [-0.05, 0) is 13.8 Å². The molecule has 1 N–H and O–H groups in total. The fraction of sp³-hybridized carbons (Fsp3) is 0.500. The highest BCUT2D eigenvalue weighted by Crippen LogP contribution is 2.51. The standard InChI is InChI=1S/C12H16O4/c1-6-5-8-7(2)9(13)11(14-3)12(15-4)10(8)16-6/h6,13H,5H2,1-4H3. The predicted molar refractivity (Wildman–Crippen MR) is 59.7 cm³/mol. The molecule has 0 fully saturated rings. The molecular formula is C12H16O4. The lowest BCUT2D eigenvalue weighted by Gasteiger charge is -2.15. The molecule has 1 heterocycles. The van der Waals surface area contributed by atoms with E-state index >= 15 is 0 Å². The monoisotopic (exact) mass is 224 g/mol. The van der Waals surface area contributed by atoms with Crippen LogP contribution in [0.1, 0.15) is 18.1 Å². The van der Waals surface area contributed by atoms with Crippen LogP contribution in [0.2, 0.25) is 0 Å². The summed E-state index contributed by atoms with van der Waals surface area (Å²) in [5, 5.41) is 10.00. The van der Waals surface area contributed by atoms with Crippen LogP contribution >= 0.6 is 0 Å². The first-order valence-electron chi connectivity index (χ1n) is 5.23. The molecule has 0 aliphatic carbocycles. The molecule has 1 aromatic carbocycles. The number of rotatable bonds is 2. The van der Waals surface area contributed by atoms with Gasteiger partial charge in [-0.2, -0.15) is 0 Å². The summed E-state index contributed by atoms with van der Waals surface area (Å²) >= 11 is 0. The average Bonchev–Trinajstić information content (AvgIpc) is 2.65. The first kappa shape index (κ1) is 10.9. The van der Waals surface area contributed by atoms with Gasteiger partial charge in [-0.25, -0.2) is 0 Å². The number of methoxy groups -OCH3 is 2. The number of hydrogen-bond acceptors (Lipinski definition) is 4. The minimum absolute atomic E-state index is 0.106. The maximum absolute atomic E-state index is 10.00. The van der Waals surface area contributed by atoms with E-state index in [1.165, 1.54) is 7.11 Å². The Morgan fingerprint density at radius 3 is 2.44 bits per heavy atom. The van der Waals surface area contributed by atoms with Gasteiger partial charge < -0.3 is 19.3 Å². The van der Waals surface area contributed by atoms with Crippen molar-refractivity contribution >= 4 is 0 Å². The van der Waals surface area contributed by atoms with Gasteiger partial charge in [0.2, 0.25) is 11.5 Å². The zero-order valence-electron chi connectivity index (χ0n) is 9.96. The molecule has 0 spiro atoms. The van der Waals surface area contributed by atoms with Crippen molar-refractivity contribution in [3.63, 3.8) is 0 Å². The fourth-order valence-corrected chi connectivity index (χ4v) is 2.11. The number of benzene rings is 1. The van der Waals surface area contributed by atoms with Gasteiger partial charge >= 0.3 is 0 Å². The molecule has 4 nitrogen and oxygen atoms in total. The molecule has 1 unspecified atom stereocenters. The third kappa shape index (κ3) is 1.37. The Hall–Kier alpha value is -1.58. The SMILES string of the molecule is COc1c(O)c(C)c2c(c1OC)OC(C)C2. The number of fused-ring (bicyclic) bond motifs is 1. The molecule has 1 atom stereocenters. The Labute approximate surface area is 94.8 Å². The summed E-state index contributed by atoms with van der Waals surface area (Å²) in [6.07, 6.45) is 0.892. The molecule has 0 aromatic heterocycles. The van der Waals surface area contributed by atoms with E-state index in [9.17, 15) is 5.11 Å². The highest BCUT2D eigenvalue weighted by atomic mass is 16.5. The van der Waals surface area contributed by atoms with E-state index < -0.39 is 0 Å². The maximum atomic E-state index is 10.00. The van der Waals surface area contributed by atoms with Gasteiger partial charge in [0.15, 0.2) is 11.5 Å². The Morgan fingerprint density at radius 2 is 1.88 bits per heavy atom. The zero-order chi connectivity index (χ0) is 11.9. The normalized spacial score (nSPS) is 17.9. The summed E-state index contributed by atoms with van der Waals surface area (Å²) in [7, 11) is 3.04. The highest BCUT2D eigenvalue weighted by molar-refractivity contribution is 5.67. The molecule has 1 aliphatic heterocycles. The molecular weight excluding hydrogens is 208 g/mol. The molecule has 16 heavy (non-hydrogen) atoms. The van der Waals surface area contributed by atoms with E-state index in [0.717, 1.165) is 17.5 Å². The van der Waals surface area contributed by atoms with Crippen molar-refractivity contribution < 1.29 is 19.3 Å². The van der Waals surface area contributed by atoms with Crippen LogP contribution < -0.4 is 14.2 Å². The summed E-state index contributed by atoms with van der Waals surface area (Å²) < 4.78 is 16.1. The smallest absolute Gasteiger partial charge is 0.207 e.